The number of carbonyl (C=O) groups excluding carboxylic acids is 4. The van der Waals surface area contributed by atoms with E-state index < -0.39 is 24.2 Å². The molecule has 1 N–H and O–H groups in total. The Labute approximate surface area is 289 Å². The molecular weight excluding hydrogens is 641 g/mol. The van der Waals surface area contributed by atoms with Gasteiger partial charge in [0.25, 0.3) is 0 Å². The molecule has 2 aliphatic rings. The molecule has 2 atom stereocenters. The minimum Gasteiger partial charge on any atom is -0.482 e. The van der Waals surface area contributed by atoms with Crippen molar-refractivity contribution in [3.63, 3.8) is 0 Å². The van der Waals surface area contributed by atoms with Crippen LogP contribution < -0.4 is 10.1 Å². The van der Waals surface area contributed by atoms with Crippen molar-refractivity contribution >= 4 is 34.6 Å². The summed E-state index contributed by atoms with van der Waals surface area (Å²) >= 11 is 0. The predicted molar refractivity (Wildman–Crippen MR) is 182 cm³/mol. The summed E-state index contributed by atoms with van der Waals surface area (Å²) in [5.41, 5.74) is 2.40. The van der Waals surface area contributed by atoms with E-state index in [9.17, 15) is 23.6 Å². The monoisotopic (exact) mass is 677 g/mol. The van der Waals surface area contributed by atoms with Gasteiger partial charge in [0.05, 0.1) is 26.7 Å². The summed E-state index contributed by atoms with van der Waals surface area (Å²) in [5, 5.41) is 7.82. The van der Waals surface area contributed by atoms with Crippen molar-refractivity contribution in [3.8, 4) is 18.1 Å². The molecule has 0 aliphatic carbocycles. The van der Waals surface area contributed by atoms with Gasteiger partial charge in [-0.15, -0.1) is 6.42 Å². The molecule has 6 rings (SSSR count). The normalized spacial score (nSPS) is 17.3. The molecule has 0 bridgehead atoms. The van der Waals surface area contributed by atoms with Crippen LogP contribution in [0.15, 0.2) is 91.0 Å². The minimum atomic E-state index is -0.877. The molecule has 0 unspecified atom stereocenters. The molecule has 0 radical (unpaired) electrons. The third-order valence-electron chi connectivity index (χ3n) is 8.89. The van der Waals surface area contributed by atoms with Crippen molar-refractivity contribution in [1.29, 1.82) is 0 Å². The van der Waals surface area contributed by atoms with Crippen molar-refractivity contribution in [2.45, 2.75) is 31.7 Å². The number of benzene rings is 4. The summed E-state index contributed by atoms with van der Waals surface area (Å²) < 4.78 is 23.5. The lowest BCUT2D eigenvalue weighted by atomic mass is 9.99. The maximum Gasteiger partial charge on any atom is 0.343 e. The topological polar surface area (TPSA) is 112 Å². The van der Waals surface area contributed by atoms with Crippen LogP contribution in [-0.2, 0) is 38.6 Å². The second-order valence-electron chi connectivity index (χ2n) is 12.0. The van der Waals surface area contributed by atoms with Gasteiger partial charge in [0, 0.05) is 19.5 Å². The summed E-state index contributed by atoms with van der Waals surface area (Å²) in [6.45, 7) is 0.00601. The Balaban J connectivity index is 1.28. The molecule has 0 saturated carbocycles. The van der Waals surface area contributed by atoms with E-state index in [0.717, 1.165) is 21.9 Å². The number of hydrogen-bond acceptors (Lipinski definition) is 7. The molecule has 0 spiro atoms. The Hall–Kier alpha value is -5.93. The highest BCUT2D eigenvalue weighted by atomic mass is 19.1. The summed E-state index contributed by atoms with van der Waals surface area (Å²) in [6, 6.07) is 25.2. The lowest BCUT2D eigenvalue weighted by Crippen LogP contribution is -2.66. The third kappa shape index (κ3) is 7.38. The number of hydrazine groups is 1. The highest BCUT2D eigenvalue weighted by molar-refractivity contribution is 5.92. The quantitative estimate of drug-likeness (QED) is 0.190. The smallest absolute Gasteiger partial charge is 0.343 e. The lowest BCUT2D eigenvalue weighted by molar-refractivity contribution is -0.157. The maximum absolute atomic E-state index is 14.3. The van der Waals surface area contributed by atoms with Crippen molar-refractivity contribution in [2.75, 3.05) is 33.4 Å². The average molecular weight is 678 g/mol. The first-order valence-corrected chi connectivity index (χ1v) is 16.1. The van der Waals surface area contributed by atoms with E-state index in [2.05, 4.69) is 16.0 Å². The SMILES string of the molecule is C#CCN(C(=O)NCc1ccc(F)cc1)N1CC(=O)N2[C@@H](Cc3ccc(OCC(=O)OC)cc3)C(=O)N(Cc3cccc4ccccc34)C[C@@H]21. The van der Waals surface area contributed by atoms with E-state index in [0.29, 0.717) is 11.3 Å². The van der Waals surface area contributed by atoms with Gasteiger partial charge in [-0.3, -0.25) is 9.59 Å². The van der Waals surface area contributed by atoms with Crippen molar-refractivity contribution in [3.05, 3.63) is 114 Å². The first-order valence-electron chi connectivity index (χ1n) is 16.1. The Morgan fingerprint density at radius 3 is 2.44 bits per heavy atom. The number of nitrogens with zero attached hydrogens (tertiary/aromatic N) is 4. The highest BCUT2D eigenvalue weighted by Crippen LogP contribution is 2.31. The van der Waals surface area contributed by atoms with Crippen molar-refractivity contribution in [1.82, 2.24) is 25.1 Å². The van der Waals surface area contributed by atoms with Crippen LogP contribution in [0.4, 0.5) is 9.18 Å². The number of carbonyl (C=O) groups is 4. The van der Waals surface area contributed by atoms with E-state index in [4.69, 9.17) is 11.2 Å². The predicted octanol–water partition coefficient (Wildman–Crippen LogP) is 3.71. The van der Waals surface area contributed by atoms with Gasteiger partial charge in [-0.1, -0.05) is 72.7 Å². The molecule has 4 aromatic carbocycles. The number of esters is 1. The summed E-state index contributed by atoms with van der Waals surface area (Å²) in [6.07, 6.45) is 5.23. The minimum absolute atomic E-state index is 0.115. The number of piperazine rings is 1. The van der Waals surface area contributed by atoms with Gasteiger partial charge < -0.3 is 24.6 Å². The number of amides is 4. The largest absolute Gasteiger partial charge is 0.482 e. The molecule has 50 heavy (non-hydrogen) atoms. The van der Waals surface area contributed by atoms with Gasteiger partial charge in [0.15, 0.2) is 6.61 Å². The van der Waals surface area contributed by atoms with Crippen molar-refractivity contribution in [2.24, 2.45) is 0 Å². The molecule has 256 valence electrons. The van der Waals surface area contributed by atoms with Crippen molar-refractivity contribution < 1.29 is 33.0 Å². The molecule has 2 heterocycles. The third-order valence-corrected chi connectivity index (χ3v) is 8.89. The number of terminal acetylenes is 1. The molecule has 4 amide bonds. The fourth-order valence-electron chi connectivity index (χ4n) is 6.41. The number of hydrogen-bond donors (Lipinski definition) is 1. The van der Waals surface area contributed by atoms with E-state index in [-0.39, 0.29) is 63.4 Å². The molecule has 2 saturated heterocycles. The van der Waals surface area contributed by atoms with Crippen LogP contribution >= 0.6 is 0 Å². The van der Waals surface area contributed by atoms with Crippen LogP contribution in [0.1, 0.15) is 16.7 Å². The fraction of sp³-hybridized carbons (Fsp3) is 0.263. The molecule has 12 heteroatoms. The Morgan fingerprint density at radius 1 is 0.980 bits per heavy atom. The number of fused-ring (bicyclic) bond motifs is 2. The Bertz CT molecular complexity index is 1920. The van der Waals surface area contributed by atoms with Crippen LogP contribution in [0.3, 0.4) is 0 Å². The maximum atomic E-state index is 14.3. The van der Waals surface area contributed by atoms with Crippen LogP contribution in [0, 0.1) is 18.2 Å². The van der Waals surface area contributed by atoms with E-state index in [1.807, 2.05) is 42.5 Å². The Kier molecular flexibility index (Phi) is 10.2. The van der Waals surface area contributed by atoms with Crippen LogP contribution in [0.25, 0.3) is 10.8 Å². The number of halogens is 1. The molecule has 2 fully saturated rings. The summed E-state index contributed by atoms with van der Waals surface area (Å²) in [7, 11) is 1.28. The van der Waals surface area contributed by atoms with Gasteiger partial charge in [0.2, 0.25) is 11.8 Å². The van der Waals surface area contributed by atoms with Gasteiger partial charge in [0.1, 0.15) is 23.8 Å². The second kappa shape index (κ2) is 15.1. The number of ether oxygens (including phenoxy) is 2. The zero-order valence-corrected chi connectivity index (χ0v) is 27.5. The van der Waals surface area contributed by atoms with Gasteiger partial charge in [-0.25, -0.2) is 19.0 Å². The molecule has 0 aromatic heterocycles. The Morgan fingerprint density at radius 2 is 1.70 bits per heavy atom. The zero-order valence-electron chi connectivity index (χ0n) is 27.5. The first-order chi connectivity index (χ1) is 24.2. The number of nitrogens with one attached hydrogen (secondary N) is 1. The standard InChI is InChI=1S/C38H36FN5O6/c1-3-19-42(38(48)40-21-27-11-15-30(39)16-12-27)43-24-35(45)44-33(20-26-13-17-31(18-14-26)50-25-36(46)49-2)37(47)41(23-34(43)44)22-29-9-6-8-28-7-4-5-10-32(28)29/h1,4-18,33-34H,19-25H2,2H3,(H,40,48)/t33-,34+/m0/s1. The average Bonchev–Trinajstić information content (AvgIpc) is 3.46. The van der Waals surface area contributed by atoms with Crippen LogP contribution in [-0.4, -0.2) is 89.2 Å². The molecular formula is C38H36FN5O6. The lowest BCUT2D eigenvalue weighted by Gasteiger charge is -2.46. The highest BCUT2D eigenvalue weighted by Gasteiger charge is 2.52. The van der Waals surface area contributed by atoms with Crippen LogP contribution in [0.2, 0.25) is 0 Å². The van der Waals surface area contributed by atoms with Gasteiger partial charge in [-0.2, -0.15) is 5.01 Å². The number of urea groups is 1. The first kappa shape index (κ1) is 34.0. The van der Waals surface area contributed by atoms with E-state index in [1.54, 1.807) is 51.2 Å². The van der Waals surface area contributed by atoms with Gasteiger partial charge >= 0.3 is 12.0 Å². The fourth-order valence-corrected chi connectivity index (χ4v) is 6.41. The molecule has 2 aliphatic heterocycles. The molecule has 11 nitrogen and oxygen atoms in total. The number of methoxy groups -OCH3 is 1. The summed E-state index contributed by atoms with van der Waals surface area (Å²) in [4.78, 5) is 56.5. The van der Waals surface area contributed by atoms with Crippen LogP contribution in [0.5, 0.6) is 5.75 Å². The second-order valence-corrected chi connectivity index (χ2v) is 12.0. The molecule has 4 aromatic rings. The number of rotatable bonds is 11. The zero-order chi connectivity index (χ0) is 35.2. The van der Waals surface area contributed by atoms with Gasteiger partial charge in [-0.05, 0) is 51.7 Å². The van der Waals surface area contributed by atoms with E-state index in [1.165, 1.54) is 24.3 Å². The van der Waals surface area contributed by atoms with E-state index >= 15 is 0 Å². The summed E-state index contributed by atoms with van der Waals surface area (Å²) in [5.74, 6) is 1.53.